The lowest BCUT2D eigenvalue weighted by molar-refractivity contribution is 0.824. The van der Waals surface area contributed by atoms with Gasteiger partial charge in [0.1, 0.15) is 0 Å². The number of benzene rings is 2. The lowest BCUT2D eigenvalue weighted by Gasteiger charge is -2.16. The van der Waals surface area contributed by atoms with E-state index in [1.807, 2.05) is 24.5 Å². The first kappa shape index (κ1) is 14.1. The number of H-pyrrole nitrogens is 1. The second-order valence-corrected chi connectivity index (χ2v) is 6.14. The number of aromatic amines is 1. The topological polar surface area (TPSA) is 15.8 Å². The molecule has 114 valence electrons. The highest BCUT2D eigenvalue weighted by Crippen LogP contribution is 2.17. The second-order valence-electron chi connectivity index (χ2n) is 6.14. The van der Waals surface area contributed by atoms with Crippen LogP contribution in [0.1, 0.15) is 24.0 Å². The van der Waals surface area contributed by atoms with Gasteiger partial charge >= 0.3 is 0 Å². The molecule has 2 aliphatic carbocycles. The quantitative estimate of drug-likeness (QED) is 0.654. The van der Waals surface area contributed by atoms with E-state index in [4.69, 9.17) is 0 Å². The van der Waals surface area contributed by atoms with Gasteiger partial charge in [-0.05, 0) is 69.8 Å². The minimum absolute atomic E-state index is 1.10. The van der Waals surface area contributed by atoms with Crippen LogP contribution in [0.2, 0.25) is 0 Å². The fourth-order valence-electron chi connectivity index (χ4n) is 3.63. The van der Waals surface area contributed by atoms with Crippen LogP contribution in [0.25, 0.3) is 12.2 Å². The minimum Gasteiger partial charge on any atom is -0.368 e. The molecule has 1 heteroatoms. The molecule has 0 unspecified atom stereocenters. The molecule has 1 aromatic heterocycles. The number of hydrogen-bond acceptors (Lipinski definition) is 0. The van der Waals surface area contributed by atoms with Gasteiger partial charge in [0, 0.05) is 12.4 Å². The van der Waals surface area contributed by atoms with Crippen LogP contribution >= 0.6 is 0 Å². The summed E-state index contributed by atoms with van der Waals surface area (Å²) in [5, 5.41) is 5.74. The van der Waals surface area contributed by atoms with Crippen molar-refractivity contribution < 1.29 is 0 Å². The number of nitrogens with one attached hydrogen (secondary N) is 1. The Balaban J connectivity index is 0.000000233. The predicted molar refractivity (Wildman–Crippen MR) is 96.2 cm³/mol. The van der Waals surface area contributed by atoms with Gasteiger partial charge in [-0.3, -0.25) is 0 Å². The van der Waals surface area contributed by atoms with Crippen molar-refractivity contribution >= 4 is 12.2 Å². The third-order valence-corrected chi connectivity index (χ3v) is 4.74. The predicted octanol–water partition coefficient (Wildman–Crippen LogP) is 3.44. The van der Waals surface area contributed by atoms with Gasteiger partial charge in [0.05, 0.1) is 0 Å². The average Bonchev–Trinajstić information content (AvgIpc) is 3.21. The van der Waals surface area contributed by atoms with Gasteiger partial charge in [-0.15, -0.1) is 0 Å². The molecule has 2 aliphatic rings. The molecular weight excluding hydrogens is 278 g/mol. The van der Waals surface area contributed by atoms with Crippen molar-refractivity contribution in [1.29, 1.82) is 0 Å². The van der Waals surface area contributed by atoms with Gasteiger partial charge in [-0.25, -0.2) is 0 Å². The minimum atomic E-state index is 1.10. The van der Waals surface area contributed by atoms with Crippen molar-refractivity contribution in [1.82, 2.24) is 4.98 Å². The van der Waals surface area contributed by atoms with Gasteiger partial charge in [0.15, 0.2) is 0 Å². The lowest BCUT2D eigenvalue weighted by Crippen LogP contribution is -2.19. The van der Waals surface area contributed by atoms with E-state index in [0.29, 0.717) is 0 Å². The molecule has 1 nitrogen and oxygen atoms in total. The van der Waals surface area contributed by atoms with Crippen LogP contribution in [0.4, 0.5) is 0 Å². The molecule has 0 aliphatic heterocycles. The fourth-order valence-corrected chi connectivity index (χ4v) is 3.63. The number of rotatable bonds is 0. The first-order valence-electron chi connectivity index (χ1n) is 8.42. The Morgan fingerprint density at radius 2 is 1.57 bits per heavy atom. The van der Waals surface area contributed by atoms with Crippen LogP contribution in [-0.4, -0.2) is 4.98 Å². The van der Waals surface area contributed by atoms with Crippen LogP contribution in [0.5, 0.6) is 0 Å². The molecule has 3 aromatic rings. The normalized spacial score (nSPS) is 14.1. The molecule has 0 fully saturated rings. The van der Waals surface area contributed by atoms with Crippen molar-refractivity contribution in [3.63, 3.8) is 0 Å². The Morgan fingerprint density at radius 3 is 2.39 bits per heavy atom. The Kier molecular flexibility index (Phi) is 3.85. The monoisotopic (exact) mass is 299 g/mol. The molecule has 0 saturated carbocycles. The number of hydrogen-bond donors (Lipinski definition) is 1. The summed E-state index contributed by atoms with van der Waals surface area (Å²) in [5.41, 5.74) is 3.17. The summed E-state index contributed by atoms with van der Waals surface area (Å²) in [6.45, 7) is 0. The zero-order valence-electron chi connectivity index (χ0n) is 13.3. The van der Waals surface area contributed by atoms with E-state index in [2.05, 4.69) is 53.5 Å². The van der Waals surface area contributed by atoms with Crippen LogP contribution in [0.3, 0.4) is 0 Å². The molecule has 0 saturated heterocycles. The van der Waals surface area contributed by atoms with Gasteiger partial charge < -0.3 is 4.98 Å². The second kappa shape index (κ2) is 6.29. The van der Waals surface area contributed by atoms with Gasteiger partial charge in [0.25, 0.3) is 0 Å². The number of fused-ring (bicyclic) bond motifs is 4. The summed E-state index contributed by atoms with van der Waals surface area (Å²) in [5.74, 6) is 0. The van der Waals surface area contributed by atoms with E-state index in [1.54, 1.807) is 11.1 Å². The molecule has 5 rings (SSSR count). The van der Waals surface area contributed by atoms with Crippen molar-refractivity contribution in [2.75, 3.05) is 0 Å². The van der Waals surface area contributed by atoms with Gasteiger partial charge in [-0.2, -0.15) is 0 Å². The average molecular weight is 299 g/mol. The first-order valence-corrected chi connectivity index (χ1v) is 8.42. The summed E-state index contributed by atoms with van der Waals surface area (Å²) >= 11 is 0. The molecular formula is C22H21N. The molecule has 1 N–H and O–H groups in total. The highest BCUT2D eigenvalue weighted by Gasteiger charge is 2.10. The maximum atomic E-state index is 2.86. The highest BCUT2D eigenvalue weighted by molar-refractivity contribution is 5.47. The molecule has 1 heterocycles. The van der Waals surface area contributed by atoms with Crippen LogP contribution in [-0.2, 0) is 12.8 Å². The zero-order chi connectivity index (χ0) is 15.5. The summed E-state index contributed by atoms with van der Waals surface area (Å²) in [6.07, 6.45) is 13.4. The fraction of sp³-hybridized carbons (Fsp3) is 0.182. The van der Waals surface area contributed by atoms with E-state index in [1.165, 1.54) is 40.1 Å². The third-order valence-electron chi connectivity index (χ3n) is 4.74. The van der Waals surface area contributed by atoms with Crippen molar-refractivity contribution in [3.8, 4) is 0 Å². The van der Waals surface area contributed by atoms with E-state index >= 15 is 0 Å². The SMILES string of the molecule is C1=c2ccc3c(c2CCC1)CC=c1ccccc1=3.c1cc[nH]c1. The molecule has 0 amide bonds. The van der Waals surface area contributed by atoms with Gasteiger partial charge in [0.2, 0.25) is 0 Å². The third kappa shape index (κ3) is 2.75. The lowest BCUT2D eigenvalue weighted by atomic mass is 9.89. The first-order chi connectivity index (χ1) is 11.4. The van der Waals surface area contributed by atoms with Crippen molar-refractivity contribution in [3.05, 3.63) is 92.9 Å². The smallest absolute Gasteiger partial charge is 0.000496 e. The summed E-state index contributed by atoms with van der Waals surface area (Å²) in [4.78, 5) is 2.86. The van der Waals surface area contributed by atoms with Crippen molar-refractivity contribution in [2.24, 2.45) is 0 Å². The van der Waals surface area contributed by atoms with Crippen LogP contribution in [0.15, 0.2) is 60.9 Å². The molecule has 0 bridgehead atoms. The Labute approximate surface area is 136 Å². The van der Waals surface area contributed by atoms with Crippen LogP contribution in [0, 0.1) is 10.4 Å². The number of aromatic nitrogens is 1. The molecule has 0 spiro atoms. The standard InChI is InChI=1S/C18H16.C4H5N/c1-3-7-15-13(5-1)9-11-18-16-8-4-2-6-14(16)10-12-17(15)18;1-2-4-5-3-1/h1,3,5-7,9-10,12H,2,4,8,11H2;1-5H. The summed E-state index contributed by atoms with van der Waals surface area (Å²) in [7, 11) is 0. The van der Waals surface area contributed by atoms with E-state index in [9.17, 15) is 0 Å². The van der Waals surface area contributed by atoms with Crippen molar-refractivity contribution in [2.45, 2.75) is 25.7 Å². The van der Waals surface area contributed by atoms with E-state index in [0.717, 1.165) is 6.42 Å². The highest BCUT2D eigenvalue weighted by atomic mass is 14.6. The summed E-state index contributed by atoms with van der Waals surface area (Å²) < 4.78 is 0. The zero-order valence-corrected chi connectivity index (χ0v) is 13.3. The molecule has 2 aromatic carbocycles. The molecule has 0 radical (unpaired) electrons. The molecule has 23 heavy (non-hydrogen) atoms. The van der Waals surface area contributed by atoms with E-state index in [-0.39, 0.29) is 0 Å². The van der Waals surface area contributed by atoms with Crippen LogP contribution < -0.4 is 10.4 Å². The Hall–Kier alpha value is -2.54. The Bertz CT molecular complexity index is 994. The molecule has 0 atom stereocenters. The van der Waals surface area contributed by atoms with Gasteiger partial charge in [-0.1, -0.05) is 48.6 Å². The largest absolute Gasteiger partial charge is 0.368 e. The maximum absolute atomic E-state index is 2.86. The maximum Gasteiger partial charge on any atom is 0.000496 e. The summed E-state index contributed by atoms with van der Waals surface area (Å²) in [6, 6.07) is 17.3. The van der Waals surface area contributed by atoms with E-state index < -0.39 is 0 Å². The Morgan fingerprint density at radius 1 is 0.696 bits per heavy atom.